The smallest absolute Gasteiger partial charge is 0.255 e. The van der Waals surface area contributed by atoms with Crippen LogP contribution in [0.3, 0.4) is 0 Å². The SMILES string of the molecule is CC(C)(C)c1cccc(NC(=O)c2cccc(Nc3ccc4c(c3)CCc3ccccc3C4=O)c2)c1. The van der Waals surface area contributed by atoms with Crippen molar-refractivity contribution < 1.29 is 9.59 Å². The van der Waals surface area contributed by atoms with Crippen molar-refractivity contribution in [3.63, 3.8) is 0 Å². The van der Waals surface area contributed by atoms with Gasteiger partial charge in [-0.25, -0.2) is 0 Å². The van der Waals surface area contributed by atoms with E-state index in [0.717, 1.165) is 52.2 Å². The summed E-state index contributed by atoms with van der Waals surface area (Å²) in [6.07, 6.45) is 1.65. The number of fused-ring (bicyclic) bond motifs is 2. The van der Waals surface area contributed by atoms with Gasteiger partial charge in [0, 0.05) is 33.8 Å². The van der Waals surface area contributed by atoms with E-state index in [-0.39, 0.29) is 17.1 Å². The maximum absolute atomic E-state index is 13.1. The van der Waals surface area contributed by atoms with E-state index in [4.69, 9.17) is 0 Å². The first kappa shape index (κ1) is 23.6. The van der Waals surface area contributed by atoms with Crippen molar-refractivity contribution >= 4 is 28.8 Å². The van der Waals surface area contributed by atoms with E-state index in [2.05, 4.69) is 37.5 Å². The summed E-state index contributed by atoms with van der Waals surface area (Å²) in [6, 6.07) is 29.2. The van der Waals surface area contributed by atoms with E-state index in [0.29, 0.717) is 5.56 Å². The van der Waals surface area contributed by atoms with Crippen LogP contribution in [-0.4, -0.2) is 11.7 Å². The van der Waals surface area contributed by atoms with E-state index in [1.165, 1.54) is 5.56 Å². The molecule has 1 aliphatic carbocycles. The number of anilines is 3. The number of ketones is 1. The van der Waals surface area contributed by atoms with Gasteiger partial charge in [-0.1, -0.05) is 63.2 Å². The number of amides is 1. The van der Waals surface area contributed by atoms with Gasteiger partial charge < -0.3 is 10.6 Å². The highest BCUT2D eigenvalue weighted by atomic mass is 16.1. The molecule has 0 bridgehead atoms. The van der Waals surface area contributed by atoms with Gasteiger partial charge >= 0.3 is 0 Å². The number of benzene rings is 4. The zero-order chi connectivity index (χ0) is 25.3. The van der Waals surface area contributed by atoms with Crippen LogP contribution in [0.4, 0.5) is 17.1 Å². The first-order valence-corrected chi connectivity index (χ1v) is 12.3. The summed E-state index contributed by atoms with van der Waals surface area (Å²) in [7, 11) is 0. The summed E-state index contributed by atoms with van der Waals surface area (Å²) in [5, 5.41) is 6.43. The second-order valence-electron chi connectivity index (χ2n) is 10.3. The van der Waals surface area contributed by atoms with Gasteiger partial charge in [0.25, 0.3) is 5.91 Å². The normalized spacial score (nSPS) is 12.8. The van der Waals surface area contributed by atoms with Gasteiger partial charge in [0.1, 0.15) is 0 Å². The summed E-state index contributed by atoms with van der Waals surface area (Å²) in [5.74, 6) is -0.0751. The summed E-state index contributed by atoms with van der Waals surface area (Å²) < 4.78 is 0. The first-order valence-electron chi connectivity index (χ1n) is 12.3. The van der Waals surface area contributed by atoms with Gasteiger partial charge in [-0.2, -0.15) is 0 Å². The lowest BCUT2D eigenvalue weighted by Gasteiger charge is -2.20. The third-order valence-corrected chi connectivity index (χ3v) is 6.68. The molecule has 0 spiro atoms. The summed E-state index contributed by atoms with van der Waals surface area (Å²) in [5.41, 5.74) is 7.92. The molecule has 0 radical (unpaired) electrons. The second kappa shape index (κ2) is 9.46. The molecule has 0 aromatic heterocycles. The van der Waals surface area contributed by atoms with Crippen LogP contribution >= 0.6 is 0 Å². The third kappa shape index (κ3) is 4.94. The fourth-order valence-electron chi connectivity index (χ4n) is 4.65. The highest BCUT2D eigenvalue weighted by Gasteiger charge is 2.21. The Balaban J connectivity index is 1.33. The van der Waals surface area contributed by atoms with Crippen molar-refractivity contribution in [2.75, 3.05) is 10.6 Å². The van der Waals surface area contributed by atoms with Crippen molar-refractivity contribution in [1.29, 1.82) is 0 Å². The fraction of sp³-hybridized carbons (Fsp3) is 0.188. The number of rotatable bonds is 4. The molecule has 4 heteroatoms. The molecule has 1 amide bonds. The average Bonchev–Trinajstić information content (AvgIpc) is 3.00. The average molecular weight is 475 g/mol. The minimum Gasteiger partial charge on any atom is -0.355 e. The lowest BCUT2D eigenvalue weighted by molar-refractivity contribution is 0.102. The van der Waals surface area contributed by atoms with Gasteiger partial charge in [-0.05, 0) is 83.5 Å². The summed E-state index contributed by atoms with van der Waals surface area (Å²) in [6.45, 7) is 6.46. The molecule has 0 aliphatic heterocycles. The van der Waals surface area contributed by atoms with Gasteiger partial charge in [-0.15, -0.1) is 0 Å². The minimum atomic E-state index is -0.157. The lowest BCUT2D eigenvalue weighted by atomic mass is 9.87. The van der Waals surface area contributed by atoms with Gasteiger partial charge in [0.2, 0.25) is 0 Å². The Hall–Kier alpha value is -4.18. The topological polar surface area (TPSA) is 58.2 Å². The maximum Gasteiger partial charge on any atom is 0.255 e. The third-order valence-electron chi connectivity index (χ3n) is 6.68. The molecular formula is C32H30N2O2. The van der Waals surface area contributed by atoms with Crippen LogP contribution in [0.5, 0.6) is 0 Å². The molecule has 1 aliphatic rings. The van der Waals surface area contributed by atoms with Crippen LogP contribution in [0.2, 0.25) is 0 Å². The van der Waals surface area contributed by atoms with E-state index in [1.54, 1.807) is 6.07 Å². The Morgan fingerprint density at radius 2 is 1.39 bits per heavy atom. The van der Waals surface area contributed by atoms with Crippen LogP contribution in [0.1, 0.15) is 63.7 Å². The molecule has 2 N–H and O–H groups in total. The predicted octanol–water partition coefficient (Wildman–Crippen LogP) is 7.31. The van der Waals surface area contributed by atoms with E-state index in [9.17, 15) is 9.59 Å². The maximum atomic E-state index is 13.1. The predicted molar refractivity (Wildman–Crippen MR) is 147 cm³/mol. The Morgan fingerprint density at radius 3 is 2.22 bits per heavy atom. The molecule has 0 unspecified atom stereocenters. The van der Waals surface area contributed by atoms with E-state index in [1.807, 2.05) is 78.9 Å². The number of hydrogen-bond donors (Lipinski definition) is 2. The first-order chi connectivity index (χ1) is 17.3. The number of hydrogen-bond acceptors (Lipinski definition) is 3. The number of aryl methyl sites for hydroxylation is 2. The molecule has 180 valence electrons. The van der Waals surface area contributed by atoms with Crippen molar-refractivity contribution in [2.45, 2.75) is 39.0 Å². The number of carbonyl (C=O) groups is 2. The van der Waals surface area contributed by atoms with Gasteiger partial charge in [0.15, 0.2) is 5.78 Å². The monoisotopic (exact) mass is 474 g/mol. The standard InChI is InChI=1S/C32H30N2O2/c1-32(2,3)24-10-7-12-26(20-24)34-31(36)23-9-6-11-25(19-23)33-27-16-17-29-22(18-27)15-14-21-8-4-5-13-28(21)30(29)35/h4-13,16-20,33H,14-15H2,1-3H3,(H,34,36). The van der Waals surface area contributed by atoms with Crippen LogP contribution in [0.25, 0.3) is 0 Å². The molecule has 0 fully saturated rings. The number of nitrogens with one attached hydrogen (secondary N) is 2. The van der Waals surface area contributed by atoms with Crippen molar-refractivity contribution in [2.24, 2.45) is 0 Å². The van der Waals surface area contributed by atoms with Crippen molar-refractivity contribution in [3.8, 4) is 0 Å². The van der Waals surface area contributed by atoms with E-state index < -0.39 is 0 Å². The molecule has 4 aromatic rings. The molecule has 0 saturated carbocycles. The Kier molecular flexibility index (Phi) is 6.19. The molecule has 36 heavy (non-hydrogen) atoms. The zero-order valence-electron chi connectivity index (χ0n) is 20.9. The van der Waals surface area contributed by atoms with Crippen LogP contribution in [0.15, 0.2) is 91.0 Å². The van der Waals surface area contributed by atoms with E-state index >= 15 is 0 Å². The number of carbonyl (C=O) groups excluding carboxylic acids is 2. The molecular weight excluding hydrogens is 444 g/mol. The highest BCUT2D eigenvalue weighted by Crippen LogP contribution is 2.29. The molecule has 0 saturated heterocycles. The molecule has 0 heterocycles. The molecule has 0 atom stereocenters. The highest BCUT2D eigenvalue weighted by molar-refractivity contribution is 6.11. The second-order valence-corrected chi connectivity index (χ2v) is 10.3. The largest absolute Gasteiger partial charge is 0.355 e. The summed E-state index contributed by atoms with van der Waals surface area (Å²) >= 11 is 0. The lowest BCUT2D eigenvalue weighted by Crippen LogP contribution is -2.14. The molecule has 5 rings (SSSR count). The van der Waals surface area contributed by atoms with Crippen LogP contribution < -0.4 is 10.6 Å². The van der Waals surface area contributed by atoms with Crippen LogP contribution in [-0.2, 0) is 18.3 Å². The van der Waals surface area contributed by atoms with Crippen molar-refractivity contribution in [1.82, 2.24) is 0 Å². The van der Waals surface area contributed by atoms with Gasteiger partial charge in [0.05, 0.1) is 0 Å². The Bertz CT molecular complexity index is 1460. The fourth-order valence-corrected chi connectivity index (χ4v) is 4.65. The Labute approximate surface area is 212 Å². The van der Waals surface area contributed by atoms with Crippen molar-refractivity contribution in [3.05, 3.63) is 124 Å². The Morgan fingerprint density at radius 1 is 0.694 bits per heavy atom. The minimum absolute atomic E-state index is 0.00582. The van der Waals surface area contributed by atoms with Gasteiger partial charge in [-0.3, -0.25) is 9.59 Å². The molecule has 4 nitrogen and oxygen atoms in total. The van der Waals surface area contributed by atoms with Crippen LogP contribution in [0, 0.1) is 0 Å². The zero-order valence-corrected chi connectivity index (χ0v) is 20.9. The quantitative estimate of drug-likeness (QED) is 0.326. The summed E-state index contributed by atoms with van der Waals surface area (Å²) in [4.78, 5) is 26.1. The molecule has 4 aromatic carbocycles.